The van der Waals surface area contributed by atoms with Gasteiger partial charge in [0.25, 0.3) is 0 Å². The van der Waals surface area contributed by atoms with Crippen LogP contribution in [-0.2, 0) is 11.3 Å². The van der Waals surface area contributed by atoms with Crippen LogP contribution in [0.15, 0.2) is 35.7 Å². The van der Waals surface area contributed by atoms with Crippen LogP contribution in [0.5, 0.6) is 0 Å². The molecule has 0 radical (unpaired) electrons. The van der Waals surface area contributed by atoms with Gasteiger partial charge in [-0.25, -0.2) is 14.6 Å². The summed E-state index contributed by atoms with van der Waals surface area (Å²) < 4.78 is 5.23. The van der Waals surface area contributed by atoms with E-state index in [4.69, 9.17) is 9.84 Å². The molecule has 24 heavy (non-hydrogen) atoms. The molecule has 1 aromatic carbocycles. The number of ether oxygens (including phenoxy) is 1. The Labute approximate surface area is 144 Å². The molecule has 0 saturated carbocycles. The van der Waals surface area contributed by atoms with E-state index in [0.717, 1.165) is 16.9 Å². The van der Waals surface area contributed by atoms with Gasteiger partial charge in [-0.05, 0) is 17.9 Å². The Morgan fingerprint density at radius 2 is 2.00 bits per heavy atom. The zero-order valence-corrected chi connectivity index (χ0v) is 14.4. The fraction of sp³-hybridized carbons (Fsp3) is 0.353. The summed E-state index contributed by atoms with van der Waals surface area (Å²) in [4.78, 5) is 27.1. The highest BCUT2D eigenvalue weighted by molar-refractivity contribution is 7.11. The van der Waals surface area contributed by atoms with E-state index >= 15 is 0 Å². The van der Waals surface area contributed by atoms with Crippen LogP contribution in [0.2, 0.25) is 0 Å². The number of alkyl carbamates (subject to hydrolysis) is 1. The number of hydrogen-bond acceptors (Lipinski definition) is 5. The molecule has 0 aliphatic carbocycles. The lowest BCUT2D eigenvalue weighted by Gasteiger charge is -2.18. The van der Waals surface area contributed by atoms with Crippen LogP contribution < -0.4 is 5.32 Å². The Kier molecular flexibility index (Phi) is 6.31. The van der Waals surface area contributed by atoms with Crippen LogP contribution in [-0.4, -0.2) is 22.2 Å². The van der Waals surface area contributed by atoms with Gasteiger partial charge < -0.3 is 15.2 Å². The highest BCUT2D eigenvalue weighted by Gasteiger charge is 2.21. The molecule has 6 nitrogen and oxygen atoms in total. The summed E-state index contributed by atoms with van der Waals surface area (Å²) in [6, 6.07) is 9.01. The van der Waals surface area contributed by atoms with Crippen molar-refractivity contribution in [1.29, 1.82) is 0 Å². The predicted octanol–water partition coefficient (Wildman–Crippen LogP) is 3.85. The standard InChI is InChI=1S/C17H20N2O4S/c1-11(2)8-13(14-10-24-15(18-14)16(20)21)19-17(22)23-9-12-6-4-3-5-7-12/h3-7,10-11,13H,8-9H2,1-2H3,(H,19,22)(H,20,21)/t13-/m0/s1. The minimum atomic E-state index is -1.07. The Hall–Kier alpha value is -2.41. The summed E-state index contributed by atoms with van der Waals surface area (Å²) in [6.45, 7) is 4.22. The number of nitrogens with zero attached hydrogens (tertiary/aromatic N) is 1. The molecule has 0 spiro atoms. The molecule has 0 unspecified atom stereocenters. The maximum absolute atomic E-state index is 12.0. The normalized spacial score (nSPS) is 12.0. The second kappa shape index (κ2) is 8.44. The van der Waals surface area contributed by atoms with Crippen LogP contribution in [0, 0.1) is 5.92 Å². The first-order valence-corrected chi connectivity index (χ1v) is 8.49. The number of carboxylic acids is 1. The third-order valence-corrected chi connectivity index (χ3v) is 4.12. The van der Waals surface area contributed by atoms with Gasteiger partial charge in [-0.2, -0.15) is 0 Å². The molecule has 7 heteroatoms. The SMILES string of the molecule is CC(C)C[C@H](NC(=O)OCc1ccccc1)c1csc(C(=O)O)n1. The van der Waals surface area contributed by atoms with E-state index in [1.807, 2.05) is 44.2 Å². The first-order chi connectivity index (χ1) is 11.5. The molecule has 2 rings (SSSR count). The lowest BCUT2D eigenvalue weighted by molar-refractivity contribution is 0.0696. The van der Waals surface area contributed by atoms with E-state index in [2.05, 4.69) is 10.3 Å². The number of benzene rings is 1. The molecule has 1 atom stereocenters. The molecule has 1 heterocycles. The monoisotopic (exact) mass is 348 g/mol. The van der Waals surface area contributed by atoms with Crippen molar-refractivity contribution < 1.29 is 19.4 Å². The summed E-state index contributed by atoms with van der Waals surface area (Å²) in [5.74, 6) is -0.763. The average Bonchev–Trinajstić information content (AvgIpc) is 3.03. The topological polar surface area (TPSA) is 88.5 Å². The third kappa shape index (κ3) is 5.34. The summed E-state index contributed by atoms with van der Waals surface area (Å²) in [5.41, 5.74) is 1.44. The van der Waals surface area contributed by atoms with Crippen molar-refractivity contribution >= 4 is 23.4 Å². The third-order valence-electron chi connectivity index (χ3n) is 3.27. The summed E-state index contributed by atoms with van der Waals surface area (Å²) >= 11 is 1.05. The molecule has 1 amide bonds. The number of carbonyl (C=O) groups excluding carboxylic acids is 1. The number of carboxylic acid groups (broad SMARTS) is 1. The summed E-state index contributed by atoms with van der Waals surface area (Å²) in [7, 11) is 0. The molecule has 0 fully saturated rings. The molecule has 2 aromatic rings. The van der Waals surface area contributed by atoms with Crippen LogP contribution in [0.1, 0.15) is 47.4 Å². The van der Waals surface area contributed by atoms with Gasteiger partial charge in [0.15, 0.2) is 0 Å². The molecular formula is C17H20N2O4S. The first-order valence-electron chi connectivity index (χ1n) is 7.61. The van der Waals surface area contributed by atoms with Crippen molar-refractivity contribution in [3.8, 4) is 0 Å². The largest absolute Gasteiger partial charge is 0.476 e. The van der Waals surface area contributed by atoms with Crippen LogP contribution in [0.25, 0.3) is 0 Å². The number of thiazole rings is 1. The number of rotatable bonds is 7. The van der Waals surface area contributed by atoms with Crippen molar-refractivity contribution in [1.82, 2.24) is 10.3 Å². The van der Waals surface area contributed by atoms with Gasteiger partial charge >= 0.3 is 12.1 Å². The second-order valence-corrected chi connectivity index (χ2v) is 6.63. The first kappa shape index (κ1) is 17.9. The molecule has 0 saturated heterocycles. The molecule has 0 aliphatic rings. The van der Waals surface area contributed by atoms with Crippen molar-refractivity contribution in [3.05, 3.63) is 52.0 Å². The maximum Gasteiger partial charge on any atom is 0.408 e. The molecule has 2 N–H and O–H groups in total. The zero-order chi connectivity index (χ0) is 17.5. The van der Waals surface area contributed by atoms with Gasteiger partial charge in [0, 0.05) is 5.38 Å². The lowest BCUT2D eigenvalue weighted by atomic mass is 10.0. The number of aromatic carboxylic acids is 1. The molecule has 0 bridgehead atoms. The molecule has 1 aromatic heterocycles. The number of aromatic nitrogens is 1. The van der Waals surface area contributed by atoms with E-state index in [0.29, 0.717) is 18.0 Å². The molecule has 0 aliphatic heterocycles. The lowest BCUT2D eigenvalue weighted by Crippen LogP contribution is -2.30. The van der Waals surface area contributed by atoms with Gasteiger partial charge in [-0.3, -0.25) is 0 Å². The van der Waals surface area contributed by atoms with E-state index < -0.39 is 12.1 Å². The Morgan fingerprint density at radius 3 is 2.58 bits per heavy atom. The minimum absolute atomic E-state index is 0.0122. The number of nitrogens with one attached hydrogen (secondary N) is 1. The Morgan fingerprint density at radius 1 is 1.29 bits per heavy atom. The quantitative estimate of drug-likeness (QED) is 0.793. The fourth-order valence-electron chi connectivity index (χ4n) is 2.18. The van der Waals surface area contributed by atoms with Gasteiger partial charge in [0.2, 0.25) is 5.01 Å². The van der Waals surface area contributed by atoms with E-state index in [9.17, 15) is 9.59 Å². The Bertz CT molecular complexity index is 685. The minimum Gasteiger partial charge on any atom is -0.476 e. The predicted molar refractivity (Wildman–Crippen MR) is 91.0 cm³/mol. The molecular weight excluding hydrogens is 328 g/mol. The number of amides is 1. The van der Waals surface area contributed by atoms with Crippen LogP contribution >= 0.6 is 11.3 Å². The van der Waals surface area contributed by atoms with Crippen molar-refractivity contribution in [2.45, 2.75) is 32.9 Å². The van der Waals surface area contributed by atoms with E-state index in [1.54, 1.807) is 5.38 Å². The highest BCUT2D eigenvalue weighted by Crippen LogP contribution is 2.23. The highest BCUT2D eigenvalue weighted by atomic mass is 32.1. The molecule has 128 valence electrons. The summed E-state index contributed by atoms with van der Waals surface area (Å²) in [5, 5.41) is 13.4. The van der Waals surface area contributed by atoms with Gasteiger partial charge in [-0.15, -0.1) is 11.3 Å². The average molecular weight is 348 g/mol. The Balaban J connectivity index is 1.99. The van der Waals surface area contributed by atoms with E-state index in [-0.39, 0.29) is 17.7 Å². The second-order valence-electron chi connectivity index (χ2n) is 5.77. The van der Waals surface area contributed by atoms with E-state index in [1.165, 1.54) is 0 Å². The van der Waals surface area contributed by atoms with Crippen LogP contribution in [0.4, 0.5) is 4.79 Å². The zero-order valence-electron chi connectivity index (χ0n) is 13.6. The van der Waals surface area contributed by atoms with Crippen molar-refractivity contribution in [2.24, 2.45) is 5.92 Å². The van der Waals surface area contributed by atoms with Crippen molar-refractivity contribution in [3.63, 3.8) is 0 Å². The number of hydrogen-bond donors (Lipinski definition) is 2. The number of carbonyl (C=O) groups is 2. The van der Waals surface area contributed by atoms with Gasteiger partial charge in [0.05, 0.1) is 11.7 Å². The van der Waals surface area contributed by atoms with Crippen molar-refractivity contribution in [2.75, 3.05) is 0 Å². The smallest absolute Gasteiger partial charge is 0.408 e. The fourth-order valence-corrected chi connectivity index (χ4v) is 2.88. The maximum atomic E-state index is 12.0. The van der Waals surface area contributed by atoms with Gasteiger partial charge in [-0.1, -0.05) is 44.2 Å². The van der Waals surface area contributed by atoms with Crippen LogP contribution in [0.3, 0.4) is 0 Å². The van der Waals surface area contributed by atoms with Gasteiger partial charge in [0.1, 0.15) is 6.61 Å². The summed E-state index contributed by atoms with van der Waals surface area (Å²) in [6.07, 6.45) is 0.0952.